The van der Waals surface area contributed by atoms with Crippen molar-refractivity contribution in [2.24, 2.45) is 5.92 Å². The number of nitrogens with one attached hydrogen (secondary N) is 1. The highest BCUT2D eigenvalue weighted by molar-refractivity contribution is 5.92. The monoisotopic (exact) mass is 367 g/mol. The Morgan fingerprint density at radius 2 is 1.96 bits per heavy atom. The third-order valence-corrected chi connectivity index (χ3v) is 4.68. The summed E-state index contributed by atoms with van der Waals surface area (Å²) >= 11 is 0. The maximum Gasteiger partial charge on any atom is 0.274 e. The van der Waals surface area contributed by atoms with E-state index < -0.39 is 0 Å². The van der Waals surface area contributed by atoms with Crippen LogP contribution in [0.4, 0.5) is 0 Å². The number of carbonyl (C=O) groups excluding carboxylic acids is 1. The van der Waals surface area contributed by atoms with E-state index in [0.717, 1.165) is 17.1 Å². The van der Waals surface area contributed by atoms with E-state index >= 15 is 0 Å². The van der Waals surface area contributed by atoms with Crippen molar-refractivity contribution in [1.82, 2.24) is 34.7 Å². The zero-order chi connectivity index (χ0) is 19.1. The number of likely N-dealkylation sites (tertiary alicyclic amines) is 1. The first-order valence-electron chi connectivity index (χ1n) is 8.84. The second kappa shape index (κ2) is 6.49. The van der Waals surface area contributed by atoms with Crippen LogP contribution >= 0.6 is 0 Å². The van der Waals surface area contributed by atoms with E-state index in [4.69, 9.17) is 0 Å². The molecule has 0 bridgehead atoms. The normalized spacial score (nSPS) is 14.4. The lowest BCUT2D eigenvalue weighted by Crippen LogP contribution is -2.52. The van der Waals surface area contributed by atoms with Crippen LogP contribution in [0.15, 0.2) is 29.1 Å². The van der Waals surface area contributed by atoms with Gasteiger partial charge in [-0.05, 0) is 39.0 Å². The molecule has 1 aliphatic heterocycles. The number of aromatic amines is 1. The number of amides is 1. The molecule has 0 unspecified atom stereocenters. The summed E-state index contributed by atoms with van der Waals surface area (Å²) in [5.74, 6) is 0.710. The number of rotatable bonds is 4. The number of carbonyl (C=O) groups is 1. The number of aryl methyl sites for hydroxylation is 3. The van der Waals surface area contributed by atoms with Gasteiger partial charge in [0.1, 0.15) is 5.69 Å². The number of hydrogen-bond donors (Lipinski definition) is 1. The van der Waals surface area contributed by atoms with E-state index in [-0.39, 0.29) is 17.4 Å². The van der Waals surface area contributed by atoms with Crippen molar-refractivity contribution in [3.8, 4) is 5.82 Å². The Kier molecular flexibility index (Phi) is 4.14. The second-order valence-electron chi connectivity index (χ2n) is 7.06. The molecule has 1 saturated heterocycles. The average molecular weight is 367 g/mol. The molecule has 0 aliphatic carbocycles. The average Bonchev–Trinajstić information content (AvgIpc) is 3.16. The number of nitrogens with zero attached hydrogens (tertiary/aromatic N) is 6. The highest BCUT2D eigenvalue weighted by atomic mass is 16.2. The molecule has 0 saturated carbocycles. The third kappa shape index (κ3) is 3.27. The Labute approximate surface area is 155 Å². The zero-order valence-electron chi connectivity index (χ0n) is 15.5. The van der Waals surface area contributed by atoms with E-state index in [2.05, 4.69) is 20.4 Å². The van der Waals surface area contributed by atoms with Crippen molar-refractivity contribution in [3.05, 3.63) is 57.4 Å². The van der Waals surface area contributed by atoms with Crippen LogP contribution in [-0.4, -0.2) is 53.7 Å². The van der Waals surface area contributed by atoms with E-state index in [1.54, 1.807) is 21.7 Å². The van der Waals surface area contributed by atoms with Crippen molar-refractivity contribution >= 4 is 5.91 Å². The summed E-state index contributed by atoms with van der Waals surface area (Å²) in [5, 5.41) is 15.6. The summed E-state index contributed by atoms with van der Waals surface area (Å²) in [6.45, 7) is 7.36. The summed E-state index contributed by atoms with van der Waals surface area (Å²) in [6, 6.07) is 6.88. The lowest BCUT2D eigenvalue weighted by Gasteiger charge is -2.38. The Morgan fingerprint density at radius 1 is 1.19 bits per heavy atom. The van der Waals surface area contributed by atoms with Crippen LogP contribution in [0.5, 0.6) is 0 Å². The second-order valence-corrected chi connectivity index (χ2v) is 7.06. The van der Waals surface area contributed by atoms with Crippen LogP contribution in [0.1, 0.15) is 27.6 Å². The molecule has 1 aliphatic rings. The molecular formula is C18H21N7O2. The molecule has 140 valence electrons. The van der Waals surface area contributed by atoms with Crippen LogP contribution in [0.25, 0.3) is 5.82 Å². The minimum Gasteiger partial charge on any atom is -0.336 e. The first kappa shape index (κ1) is 17.2. The van der Waals surface area contributed by atoms with Gasteiger partial charge in [0.15, 0.2) is 5.82 Å². The molecule has 9 nitrogen and oxygen atoms in total. The topological polar surface area (TPSA) is 102 Å². The molecule has 0 atom stereocenters. The molecular weight excluding hydrogens is 346 g/mol. The molecule has 3 aromatic rings. The van der Waals surface area contributed by atoms with Gasteiger partial charge in [-0.25, -0.2) is 9.36 Å². The van der Waals surface area contributed by atoms with E-state index in [1.807, 2.05) is 26.8 Å². The van der Waals surface area contributed by atoms with Gasteiger partial charge in [0, 0.05) is 36.5 Å². The Morgan fingerprint density at radius 3 is 2.59 bits per heavy atom. The molecule has 1 amide bonds. The molecule has 1 N–H and O–H groups in total. The minimum absolute atomic E-state index is 0.0905. The largest absolute Gasteiger partial charge is 0.336 e. The number of H-pyrrole nitrogens is 1. The molecule has 0 radical (unpaired) electrons. The molecule has 9 heteroatoms. The van der Waals surface area contributed by atoms with Gasteiger partial charge in [-0.15, -0.1) is 5.10 Å². The van der Waals surface area contributed by atoms with E-state index in [0.29, 0.717) is 31.1 Å². The molecule has 27 heavy (non-hydrogen) atoms. The van der Waals surface area contributed by atoms with Gasteiger partial charge in [-0.2, -0.15) is 10.2 Å². The van der Waals surface area contributed by atoms with Crippen molar-refractivity contribution < 1.29 is 4.79 Å². The number of hydrogen-bond acceptors (Lipinski definition) is 5. The summed E-state index contributed by atoms with van der Waals surface area (Å²) in [4.78, 5) is 26.2. The third-order valence-electron chi connectivity index (χ3n) is 4.68. The summed E-state index contributed by atoms with van der Waals surface area (Å²) in [6.07, 6.45) is 0. The molecule has 1 fully saturated rings. The summed E-state index contributed by atoms with van der Waals surface area (Å²) in [7, 11) is 0. The van der Waals surface area contributed by atoms with Gasteiger partial charge in [-0.3, -0.25) is 14.7 Å². The van der Waals surface area contributed by atoms with Crippen LogP contribution in [0.3, 0.4) is 0 Å². The molecule has 3 aromatic heterocycles. The fourth-order valence-electron chi connectivity index (χ4n) is 3.33. The Hall–Kier alpha value is -3.23. The first-order chi connectivity index (χ1) is 12.9. The molecule has 4 rings (SSSR count). The lowest BCUT2D eigenvalue weighted by atomic mass is 10.00. The minimum atomic E-state index is -0.159. The quantitative estimate of drug-likeness (QED) is 0.737. The lowest BCUT2D eigenvalue weighted by molar-refractivity contribution is 0.0452. The van der Waals surface area contributed by atoms with E-state index in [1.165, 1.54) is 10.7 Å². The summed E-state index contributed by atoms with van der Waals surface area (Å²) < 4.78 is 3.18. The van der Waals surface area contributed by atoms with Crippen LogP contribution in [0.2, 0.25) is 0 Å². The van der Waals surface area contributed by atoms with Crippen LogP contribution in [0, 0.1) is 26.7 Å². The SMILES string of the molecule is Cc1cc(C)n(-c2ccc(=O)n(CC3CN(C(=O)c4cc(C)[nH]n4)C3)n2)n1. The van der Waals surface area contributed by atoms with Gasteiger partial charge in [0.05, 0.1) is 12.2 Å². The van der Waals surface area contributed by atoms with Gasteiger partial charge in [-0.1, -0.05) is 0 Å². The Bertz CT molecular complexity index is 1060. The van der Waals surface area contributed by atoms with Gasteiger partial charge >= 0.3 is 0 Å². The van der Waals surface area contributed by atoms with Gasteiger partial charge < -0.3 is 4.90 Å². The highest BCUT2D eigenvalue weighted by Gasteiger charge is 2.32. The fourth-order valence-corrected chi connectivity index (χ4v) is 3.33. The van der Waals surface area contributed by atoms with Crippen molar-refractivity contribution in [3.63, 3.8) is 0 Å². The van der Waals surface area contributed by atoms with Crippen LogP contribution < -0.4 is 5.56 Å². The zero-order valence-corrected chi connectivity index (χ0v) is 15.5. The van der Waals surface area contributed by atoms with Crippen molar-refractivity contribution in [2.45, 2.75) is 27.3 Å². The maximum atomic E-state index is 12.3. The molecule has 4 heterocycles. The van der Waals surface area contributed by atoms with Crippen molar-refractivity contribution in [2.75, 3.05) is 13.1 Å². The molecule has 0 aromatic carbocycles. The fraction of sp³-hybridized carbons (Fsp3) is 0.389. The van der Waals surface area contributed by atoms with Gasteiger partial charge in [0.25, 0.3) is 11.5 Å². The predicted molar refractivity (Wildman–Crippen MR) is 97.8 cm³/mol. The van der Waals surface area contributed by atoms with Crippen molar-refractivity contribution in [1.29, 1.82) is 0 Å². The predicted octanol–water partition coefficient (Wildman–Crippen LogP) is 0.850. The standard InChI is InChI=1S/C18H21N7O2/c1-11-7-15(20-19-11)18(27)23-8-14(9-23)10-24-17(26)5-4-16(22-24)25-13(3)6-12(2)21-25/h4-7,14H,8-10H2,1-3H3,(H,19,20). The van der Waals surface area contributed by atoms with Gasteiger partial charge in [0.2, 0.25) is 0 Å². The maximum absolute atomic E-state index is 12.3. The molecule has 0 spiro atoms. The van der Waals surface area contributed by atoms with E-state index in [9.17, 15) is 9.59 Å². The number of aromatic nitrogens is 6. The Balaban J connectivity index is 1.45. The summed E-state index contributed by atoms with van der Waals surface area (Å²) in [5.41, 5.74) is 2.97. The van der Waals surface area contributed by atoms with Crippen LogP contribution in [-0.2, 0) is 6.54 Å². The highest BCUT2D eigenvalue weighted by Crippen LogP contribution is 2.19. The smallest absolute Gasteiger partial charge is 0.274 e. The first-order valence-corrected chi connectivity index (χ1v) is 8.84.